The second-order valence-corrected chi connectivity index (χ2v) is 6.71. The van der Waals surface area contributed by atoms with Crippen LogP contribution in [0.1, 0.15) is 38.2 Å². The van der Waals surface area contributed by atoms with Crippen LogP contribution in [0.4, 0.5) is 0 Å². The Hall–Kier alpha value is -2.74. The molecule has 0 aliphatic carbocycles. The highest BCUT2D eigenvalue weighted by molar-refractivity contribution is 6.02. The number of aromatic nitrogens is 2. The van der Waals surface area contributed by atoms with Crippen LogP contribution >= 0.6 is 0 Å². The van der Waals surface area contributed by atoms with Crippen LogP contribution in [0.3, 0.4) is 0 Å². The molecule has 0 fully saturated rings. The fraction of sp³-hybridized carbons (Fsp3) is 0.474. The predicted molar refractivity (Wildman–Crippen MR) is 100 cm³/mol. The van der Waals surface area contributed by atoms with Gasteiger partial charge in [-0.3, -0.25) is 9.59 Å². The summed E-state index contributed by atoms with van der Waals surface area (Å²) in [6.45, 7) is 6.80. The van der Waals surface area contributed by atoms with Gasteiger partial charge in [0.1, 0.15) is 0 Å². The zero-order valence-corrected chi connectivity index (χ0v) is 16.0. The van der Waals surface area contributed by atoms with Gasteiger partial charge in [-0.1, -0.05) is 18.2 Å². The van der Waals surface area contributed by atoms with E-state index in [0.717, 1.165) is 4.68 Å². The van der Waals surface area contributed by atoms with E-state index in [1.54, 1.807) is 29.2 Å². The van der Waals surface area contributed by atoms with Gasteiger partial charge in [-0.25, -0.2) is 9.48 Å². The monoisotopic (exact) mass is 375 g/mol. The first-order valence-electron chi connectivity index (χ1n) is 8.87. The predicted octanol–water partition coefficient (Wildman–Crippen LogP) is 1.19. The topological polar surface area (TPSA) is 102 Å². The molecule has 0 bridgehead atoms. The van der Waals surface area contributed by atoms with Gasteiger partial charge in [0.15, 0.2) is 12.3 Å². The maximum atomic E-state index is 12.6. The van der Waals surface area contributed by atoms with Crippen LogP contribution in [0.2, 0.25) is 0 Å². The third-order valence-electron chi connectivity index (χ3n) is 4.10. The molecular formula is C19H25N3O5. The number of fused-ring (bicyclic) bond motifs is 1. The Labute approximate surface area is 157 Å². The minimum absolute atomic E-state index is 0.0263. The molecule has 27 heavy (non-hydrogen) atoms. The highest BCUT2D eigenvalue weighted by Crippen LogP contribution is 2.14. The number of esters is 1. The normalized spacial score (nSPS) is 11.2. The summed E-state index contributed by atoms with van der Waals surface area (Å²) >= 11 is 0. The lowest BCUT2D eigenvalue weighted by molar-refractivity contribution is -0.138. The minimum Gasteiger partial charge on any atom is -0.451 e. The van der Waals surface area contributed by atoms with Crippen molar-refractivity contribution >= 4 is 22.6 Å². The average molecular weight is 375 g/mol. The SMILES string of the molecule is CC(C)N(C(=O)COC(=O)c1nn(CCO)c(=O)c2ccccc12)C(C)C. The van der Waals surface area contributed by atoms with Gasteiger partial charge in [0.25, 0.3) is 11.5 Å². The lowest BCUT2D eigenvalue weighted by Crippen LogP contribution is -2.44. The molecule has 0 atom stereocenters. The number of aliphatic hydroxyl groups is 1. The summed E-state index contributed by atoms with van der Waals surface area (Å²) in [4.78, 5) is 39.0. The van der Waals surface area contributed by atoms with Gasteiger partial charge in [0.05, 0.1) is 18.5 Å². The minimum atomic E-state index is -0.793. The molecule has 8 nitrogen and oxygen atoms in total. The first-order chi connectivity index (χ1) is 12.8. The van der Waals surface area contributed by atoms with Crippen LogP contribution in [0.5, 0.6) is 0 Å². The number of nitrogens with zero attached hydrogens (tertiary/aromatic N) is 3. The molecule has 1 aromatic carbocycles. The fourth-order valence-corrected chi connectivity index (χ4v) is 3.07. The van der Waals surface area contributed by atoms with E-state index >= 15 is 0 Å². The van der Waals surface area contributed by atoms with Crippen LogP contribution in [0, 0.1) is 0 Å². The highest BCUT2D eigenvalue weighted by atomic mass is 16.5. The lowest BCUT2D eigenvalue weighted by atomic mass is 10.1. The van der Waals surface area contributed by atoms with E-state index in [1.807, 2.05) is 27.7 Å². The van der Waals surface area contributed by atoms with Crippen LogP contribution in [-0.2, 0) is 16.1 Å². The Morgan fingerprint density at radius 1 is 1.15 bits per heavy atom. The molecule has 0 saturated carbocycles. The molecule has 0 aliphatic heterocycles. The van der Waals surface area contributed by atoms with Crippen molar-refractivity contribution in [3.8, 4) is 0 Å². The van der Waals surface area contributed by atoms with E-state index in [-0.39, 0.29) is 36.8 Å². The van der Waals surface area contributed by atoms with E-state index in [1.165, 1.54) is 0 Å². The number of ether oxygens (including phenoxy) is 1. The first kappa shape index (κ1) is 20.6. The van der Waals surface area contributed by atoms with Crippen molar-refractivity contribution < 1.29 is 19.4 Å². The van der Waals surface area contributed by atoms with E-state index in [9.17, 15) is 14.4 Å². The van der Waals surface area contributed by atoms with Crippen LogP contribution in [0.25, 0.3) is 10.8 Å². The first-order valence-corrected chi connectivity index (χ1v) is 8.87. The summed E-state index contributed by atoms with van der Waals surface area (Å²) in [7, 11) is 0. The number of aliphatic hydroxyl groups excluding tert-OH is 1. The summed E-state index contributed by atoms with van der Waals surface area (Å²) in [6, 6.07) is 6.48. The summed E-state index contributed by atoms with van der Waals surface area (Å²) < 4.78 is 6.20. The summed E-state index contributed by atoms with van der Waals surface area (Å²) in [5, 5.41) is 13.8. The van der Waals surface area contributed by atoms with Gasteiger partial charge >= 0.3 is 5.97 Å². The van der Waals surface area contributed by atoms with E-state index in [4.69, 9.17) is 9.84 Å². The average Bonchev–Trinajstić information content (AvgIpc) is 2.61. The zero-order chi connectivity index (χ0) is 20.1. The number of hydrogen-bond donors (Lipinski definition) is 1. The molecule has 1 heterocycles. The molecule has 8 heteroatoms. The molecular weight excluding hydrogens is 350 g/mol. The molecule has 146 valence electrons. The maximum absolute atomic E-state index is 12.6. The molecule has 2 rings (SSSR count). The Bertz CT molecular complexity index is 881. The zero-order valence-electron chi connectivity index (χ0n) is 16.0. The van der Waals surface area contributed by atoms with Crippen molar-refractivity contribution in [3.63, 3.8) is 0 Å². The Balaban J connectivity index is 2.31. The number of carbonyl (C=O) groups is 2. The van der Waals surface area contributed by atoms with Crippen molar-refractivity contribution in [1.82, 2.24) is 14.7 Å². The number of rotatable bonds is 7. The molecule has 1 amide bonds. The van der Waals surface area contributed by atoms with Gasteiger partial charge in [0, 0.05) is 17.5 Å². The lowest BCUT2D eigenvalue weighted by Gasteiger charge is -2.30. The van der Waals surface area contributed by atoms with Crippen molar-refractivity contribution in [2.75, 3.05) is 13.2 Å². The van der Waals surface area contributed by atoms with Gasteiger partial charge in [-0.2, -0.15) is 5.10 Å². The largest absolute Gasteiger partial charge is 0.451 e. The highest BCUT2D eigenvalue weighted by Gasteiger charge is 2.23. The van der Waals surface area contributed by atoms with Crippen LogP contribution in [0.15, 0.2) is 29.1 Å². The summed E-state index contributed by atoms with van der Waals surface area (Å²) in [5.74, 6) is -1.10. The molecule has 1 N–H and O–H groups in total. The van der Waals surface area contributed by atoms with Crippen molar-refractivity contribution in [2.45, 2.75) is 46.3 Å². The second-order valence-electron chi connectivity index (χ2n) is 6.71. The third kappa shape index (κ3) is 4.51. The molecule has 0 aliphatic rings. The third-order valence-corrected chi connectivity index (χ3v) is 4.10. The standard InChI is InChI=1S/C19H25N3O5/c1-12(2)22(13(3)4)16(24)11-27-19(26)17-14-7-5-6-8-15(14)18(25)21(20-17)9-10-23/h5-8,12-13,23H,9-11H2,1-4H3. The van der Waals surface area contributed by atoms with Crippen molar-refractivity contribution in [3.05, 3.63) is 40.3 Å². The fourth-order valence-electron chi connectivity index (χ4n) is 3.07. The molecule has 0 unspecified atom stereocenters. The Morgan fingerprint density at radius 2 is 1.74 bits per heavy atom. The van der Waals surface area contributed by atoms with Crippen molar-refractivity contribution in [1.29, 1.82) is 0 Å². The maximum Gasteiger partial charge on any atom is 0.359 e. The van der Waals surface area contributed by atoms with Crippen molar-refractivity contribution in [2.24, 2.45) is 0 Å². The molecule has 0 saturated heterocycles. The Kier molecular flexibility index (Phi) is 6.68. The number of benzene rings is 1. The quantitative estimate of drug-likeness (QED) is 0.730. The molecule has 0 spiro atoms. The van der Waals surface area contributed by atoms with Crippen LogP contribution < -0.4 is 5.56 Å². The van der Waals surface area contributed by atoms with E-state index in [2.05, 4.69) is 5.10 Å². The molecule has 1 aromatic heterocycles. The van der Waals surface area contributed by atoms with Gasteiger partial charge < -0.3 is 14.7 Å². The van der Waals surface area contributed by atoms with E-state index < -0.39 is 18.1 Å². The molecule has 0 radical (unpaired) electrons. The summed E-state index contributed by atoms with van der Waals surface area (Å²) in [6.07, 6.45) is 0. The van der Waals surface area contributed by atoms with Gasteiger partial charge in [0.2, 0.25) is 0 Å². The Morgan fingerprint density at radius 3 is 2.30 bits per heavy atom. The molecule has 2 aromatic rings. The van der Waals surface area contributed by atoms with Crippen LogP contribution in [-0.4, -0.2) is 57.0 Å². The van der Waals surface area contributed by atoms with E-state index in [0.29, 0.717) is 10.8 Å². The van der Waals surface area contributed by atoms with Gasteiger partial charge in [-0.15, -0.1) is 0 Å². The number of amides is 1. The second kappa shape index (κ2) is 8.77. The number of carbonyl (C=O) groups excluding carboxylic acids is 2. The summed E-state index contributed by atoms with van der Waals surface area (Å²) in [5.41, 5.74) is -0.467. The van der Waals surface area contributed by atoms with Gasteiger partial charge in [-0.05, 0) is 33.8 Å². The number of hydrogen-bond acceptors (Lipinski definition) is 6. The smallest absolute Gasteiger partial charge is 0.359 e.